The number of nitrogens with zero attached hydrogens (tertiary/aromatic N) is 1. The van der Waals surface area contributed by atoms with E-state index in [0.717, 1.165) is 37.5 Å². The zero-order chi connectivity index (χ0) is 16.6. The number of amides is 1. The average molecular weight is 325 g/mol. The molecule has 2 aliphatic rings. The molecule has 124 valence electrons. The van der Waals surface area contributed by atoms with E-state index in [9.17, 15) is 23.5 Å². The first-order valence-electron chi connectivity index (χ1n) is 7.60. The van der Waals surface area contributed by atoms with Gasteiger partial charge < -0.3 is 9.84 Å². The molecule has 3 rings (SSSR count). The lowest BCUT2D eigenvalue weighted by Crippen LogP contribution is -2.54. The van der Waals surface area contributed by atoms with Gasteiger partial charge in [0.05, 0.1) is 6.61 Å². The van der Waals surface area contributed by atoms with E-state index in [4.69, 9.17) is 4.74 Å². The molecule has 1 saturated heterocycles. The molecule has 5 nitrogen and oxygen atoms in total. The number of hydrogen-bond acceptors (Lipinski definition) is 3. The van der Waals surface area contributed by atoms with Crippen molar-refractivity contribution in [3.63, 3.8) is 0 Å². The van der Waals surface area contributed by atoms with Gasteiger partial charge in [0.25, 0.3) is 5.91 Å². The maximum Gasteiger partial charge on any atom is 0.328 e. The third-order valence-electron chi connectivity index (χ3n) is 4.57. The molecule has 1 aromatic rings. The fourth-order valence-corrected chi connectivity index (χ4v) is 3.43. The van der Waals surface area contributed by atoms with Crippen molar-refractivity contribution in [2.75, 3.05) is 6.61 Å². The fraction of sp³-hybridized carbons (Fsp3) is 0.500. The predicted octanol–water partition coefficient (Wildman–Crippen LogP) is 2.55. The van der Waals surface area contributed by atoms with Gasteiger partial charge in [-0.05, 0) is 43.9 Å². The Hall–Kier alpha value is -2.02. The highest BCUT2D eigenvalue weighted by atomic mass is 19.2. The number of halogens is 2. The third kappa shape index (κ3) is 2.69. The van der Waals surface area contributed by atoms with Crippen LogP contribution in [0.2, 0.25) is 0 Å². The third-order valence-corrected chi connectivity index (χ3v) is 4.57. The van der Waals surface area contributed by atoms with Crippen molar-refractivity contribution in [3.8, 4) is 0 Å². The summed E-state index contributed by atoms with van der Waals surface area (Å²) in [5.74, 6) is -4.00. The van der Waals surface area contributed by atoms with Crippen LogP contribution >= 0.6 is 0 Å². The molecule has 1 atom stereocenters. The first-order valence-corrected chi connectivity index (χ1v) is 7.60. The Morgan fingerprint density at radius 2 is 1.87 bits per heavy atom. The van der Waals surface area contributed by atoms with Crippen molar-refractivity contribution in [2.45, 2.75) is 43.9 Å². The molecular weight excluding hydrogens is 308 g/mol. The number of aliphatic carboxylic acids is 1. The minimum Gasteiger partial charge on any atom is -0.480 e. The monoisotopic (exact) mass is 325 g/mol. The van der Waals surface area contributed by atoms with E-state index in [1.54, 1.807) is 0 Å². The smallest absolute Gasteiger partial charge is 0.328 e. The average Bonchev–Trinajstić information content (AvgIpc) is 2.89. The van der Waals surface area contributed by atoms with E-state index in [2.05, 4.69) is 0 Å². The maximum atomic E-state index is 13.4. The number of ether oxygens (including phenoxy) is 1. The van der Waals surface area contributed by atoms with E-state index in [1.165, 1.54) is 4.90 Å². The van der Waals surface area contributed by atoms with Crippen molar-refractivity contribution in [2.24, 2.45) is 0 Å². The molecule has 1 aliphatic heterocycles. The van der Waals surface area contributed by atoms with Gasteiger partial charge in [-0.25, -0.2) is 13.6 Å². The zero-order valence-corrected chi connectivity index (χ0v) is 12.4. The summed E-state index contributed by atoms with van der Waals surface area (Å²) in [5.41, 5.74) is -1.03. The standard InChI is InChI=1S/C16H17F2NO4/c17-11-5-4-10(8-12(11)18)14(20)19-13(15(21)22)9-23-16(19)6-2-1-3-7-16/h4-5,8,13H,1-3,6-7,9H2,(H,21,22)/t13-/m0/s1. The molecule has 2 fully saturated rings. The highest BCUT2D eigenvalue weighted by molar-refractivity contribution is 5.97. The number of hydrogen-bond donors (Lipinski definition) is 1. The van der Waals surface area contributed by atoms with Gasteiger partial charge in [-0.2, -0.15) is 0 Å². The van der Waals surface area contributed by atoms with Crippen molar-refractivity contribution >= 4 is 11.9 Å². The minimum absolute atomic E-state index is 0.0781. The van der Waals surface area contributed by atoms with Crippen LogP contribution in [-0.4, -0.2) is 40.3 Å². The Labute approximate surface area is 131 Å². The largest absolute Gasteiger partial charge is 0.480 e. The second-order valence-electron chi connectivity index (χ2n) is 5.98. The number of rotatable bonds is 2. The van der Waals surface area contributed by atoms with Crippen LogP contribution in [0.4, 0.5) is 8.78 Å². The molecule has 0 radical (unpaired) electrons. The highest BCUT2D eigenvalue weighted by Crippen LogP contribution is 2.41. The van der Waals surface area contributed by atoms with E-state index in [-0.39, 0.29) is 12.2 Å². The summed E-state index contributed by atoms with van der Waals surface area (Å²) in [7, 11) is 0. The fourth-order valence-electron chi connectivity index (χ4n) is 3.43. The van der Waals surface area contributed by atoms with Crippen molar-refractivity contribution in [3.05, 3.63) is 35.4 Å². The summed E-state index contributed by atoms with van der Waals surface area (Å²) in [6.45, 7) is -0.0925. The van der Waals surface area contributed by atoms with Crippen LogP contribution in [-0.2, 0) is 9.53 Å². The van der Waals surface area contributed by atoms with Crippen molar-refractivity contribution in [1.82, 2.24) is 4.90 Å². The first-order chi connectivity index (χ1) is 10.9. The predicted molar refractivity (Wildman–Crippen MR) is 75.7 cm³/mol. The van der Waals surface area contributed by atoms with Crippen LogP contribution in [0.15, 0.2) is 18.2 Å². The topological polar surface area (TPSA) is 66.8 Å². The summed E-state index contributed by atoms with van der Waals surface area (Å²) >= 11 is 0. The summed E-state index contributed by atoms with van der Waals surface area (Å²) < 4.78 is 32.2. The number of carboxylic acids is 1. The van der Waals surface area contributed by atoms with Gasteiger partial charge in [-0.3, -0.25) is 9.69 Å². The summed E-state index contributed by atoms with van der Waals surface area (Å²) in [4.78, 5) is 25.5. The molecule has 0 unspecified atom stereocenters. The molecule has 0 aromatic heterocycles. The molecule has 23 heavy (non-hydrogen) atoms. The van der Waals surface area contributed by atoms with Gasteiger partial charge in [0, 0.05) is 5.56 Å². The van der Waals surface area contributed by atoms with Gasteiger partial charge in [0.2, 0.25) is 0 Å². The van der Waals surface area contributed by atoms with Crippen LogP contribution in [0.25, 0.3) is 0 Å². The molecule has 1 saturated carbocycles. The molecule has 1 N–H and O–H groups in total. The number of carbonyl (C=O) groups excluding carboxylic acids is 1. The van der Waals surface area contributed by atoms with Crippen LogP contribution in [0.5, 0.6) is 0 Å². The van der Waals surface area contributed by atoms with Crippen molar-refractivity contribution < 1.29 is 28.2 Å². The highest BCUT2D eigenvalue weighted by Gasteiger charge is 2.53. The number of carboxylic acid groups (broad SMARTS) is 1. The van der Waals surface area contributed by atoms with Crippen LogP contribution in [0.3, 0.4) is 0 Å². The first kappa shape index (κ1) is 15.9. The van der Waals surface area contributed by atoms with Gasteiger partial charge in [0.15, 0.2) is 17.7 Å². The maximum absolute atomic E-state index is 13.4. The molecule has 1 spiro atoms. The zero-order valence-electron chi connectivity index (χ0n) is 12.4. The van der Waals surface area contributed by atoms with Gasteiger partial charge in [-0.15, -0.1) is 0 Å². The summed E-state index contributed by atoms with van der Waals surface area (Å²) in [5, 5.41) is 9.38. The molecule has 1 amide bonds. The SMILES string of the molecule is O=C(O)[C@@H]1COC2(CCCCC2)N1C(=O)c1ccc(F)c(F)c1. The van der Waals surface area contributed by atoms with E-state index in [0.29, 0.717) is 12.8 Å². The summed E-state index contributed by atoms with van der Waals surface area (Å²) in [6.07, 6.45) is 3.75. The van der Waals surface area contributed by atoms with Crippen molar-refractivity contribution in [1.29, 1.82) is 0 Å². The Kier molecular flexibility index (Phi) is 4.06. The second kappa shape index (κ2) is 5.88. The Morgan fingerprint density at radius 3 is 2.48 bits per heavy atom. The lowest BCUT2D eigenvalue weighted by molar-refractivity contribution is -0.143. The quantitative estimate of drug-likeness (QED) is 0.907. The molecule has 1 aliphatic carbocycles. The van der Waals surface area contributed by atoms with Crippen LogP contribution in [0, 0.1) is 11.6 Å². The minimum atomic E-state index is -1.16. The Balaban J connectivity index is 1.98. The second-order valence-corrected chi connectivity index (χ2v) is 5.98. The molecule has 1 aromatic carbocycles. The van der Waals surface area contributed by atoms with Gasteiger partial charge >= 0.3 is 5.97 Å². The molecular formula is C16H17F2NO4. The lowest BCUT2D eigenvalue weighted by Gasteiger charge is -2.41. The van der Waals surface area contributed by atoms with E-state index >= 15 is 0 Å². The van der Waals surface area contributed by atoms with Gasteiger partial charge in [-0.1, -0.05) is 6.42 Å². The molecule has 7 heteroatoms. The van der Waals surface area contributed by atoms with Crippen LogP contribution < -0.4 is 0 Å². The Morgan fingerprint density at radius 1 is 1.17 bits per heavy atom. The number of carbonyl (C=O) groups is 2. The summed E-state index contributed by atoms with van der Waals surface area (Å²) in [6, 6.07) is 1.71. The molecule has 1 heterocycles. The molecule has 0 bridgehead atoms. The van der Waals surface area contributed by atoms with E-state index < -0.39 is 35.3 Å². The van der Waals surface area contributed by atoms with E-state index in [1.807, 2.05) is 0 Å². The van der Waals surface area contributed by atoms with Gasteiger partial charge in [0.1, 0.15) is 5.72 Å². The van der Waals surface area contributed by atoms with Crippen LogP contribution in [0.1, 0.15) is 42.5 Å². The Bertz CT molecular complexity index is 643. The normalized spacial score (nSPS) is 23.2. The number of benzene rings is 1. The lowest BCUT2D eigenvalue weighted by atomic mass is 9.89.